The number of benzene rings is 1. The fourth-order valence-corrected chi connectivity index (χ4v) is 4.39. The van der Waals surface area contributed by atoms with Gasteiger partial charge in [-0.15, -0.1) is 0 Å². The highest BCUT2D eigenvalue weighted by Crippen LogP contribution is 2.36. The van der Waals surface area contributed by atoms with Crippen LogP contribution in [0.5, 0.6) is 0 Å². The van der Waals surface area contributed by atoms with E-state index in [4.69, 9.17) is 0 Å². The van der Waals surface area contributed by atoms with Gasteiger partial charge in [-0.2, -0.15) is 4.98 Å². The predicted molar refractivity (Wildman–Crippen MR) is 122 cm³/mol. The molecule has 1 aliphatic carbocycles. The summed E-state index contributed by atoms with van der Waals surface area (Å²) in [5.74, 6) is 1.13. The van der Waals surface area contributed by atoms with Crippen LogP contribution >= 0.6 is 0 Å². The number of nitrogens with zero attached hydrogens (tertiary/aromatic N) is 5. The Morgan fingerprint density at radius 1 is 1.06 bits per heavy atom. The van der Waals surface area contributed by atoms with Crippen molar-refractivity contribution in [2.75, 3.05) is 0 Å². The van der Waals surface area contributed by atoms with Gasteiger partial charge in [0.05, 0.1) is 34.7 Å². The van der Waals surface area contributed by atoms with Gasteiger partial charge in [0.15, 0.2) is 0 Å². The van der Waals surface area contributed by atoms with E-state index in [1.54, 1.807) is 17.0 Å². The van der Waals surface area contributed by atoms with Crippen molar-refractivity contribution >= 4 is 21.9 Å². The zero-order valence-corrected chi connectivity index (χ0v) is 18.2. The molecule has 0 unspecified atom stereocenters. The van der Waals surface area contributed by atoms with Gasteiger partial charge in [-0.25, -0.2) is 4.79 Å². The van der Waals surface area contributed by atoms with Crippen LogP contribution in [0.3, 0.4) is 0 Å². The highest BCUT2D eigenvalue weighted by Gasteiger charge is 2.29. The van der Waals surface area contributed by atoms with Crippen molar-refractivity contribution in [2.24, 2.45) is 5.92 Å². The molecule has 5 rings (SSSR count). The van der Waals surface area contributed by atoms with E-state index in [0.717, 1.165) is 47.9 Å². The Bertz CT molecular complexity index is 1410. The lowest BCUT2D eigenvalue weighted by Gasteiger charge is -2.18. The van der Waals surface area contributed by atoms with Gasteiger partial charge in [-0.1, -0.05) is 26.0 Å². The zero-order valence-electron chi connectivity index (χ0n) is 18.2. The predicted octanol–water partition coefficient (Wildman–Crippen LogP) is 3.65. The number of hydrogen-bond donors (Lipinski definition) is 0. The summed E-state index contributed by atoms with van der Waals surface area (Å²) in [5.41, 5.74) is 3.20. The van der Waals surface area contributed by atoms with Gasteiger partial charge in [-0.3, -0.25) is 18.9 Å². The van der Waals surface area contributed by atoms with Crippen molar-refractivity contribution in [1.29, 1.82) is 0 Å². The van der Waals surface area contributed by atoms with Crippen molar-refractivity contribution in [3.63, 3.8) is 0 Å². The number of hydrogen-bond acceptors (Lipinski definition) is 4. The molecule has 0 atom stereocenters. The summed E-state index contributed by atoms with van der Waals surface area (Å²) in [6.07, 6.45) is 6.46. The number of pyridine rings is 1. The minimum Gasteiger partial charge on any atom is -0.327 e. The Morgan fingerprint density at radius 2 is 1.87 bits per heavy atom. The SMILES string of the molecule is Cc1cccc2c1c(=O)nc(Cn1c(=O)n(C3CC3)c3ccncc31)n2CCC(C)C. The van der Waals surface area contributed by atoms with E-state index in [-0.39, 0.29) is 23.8 Å². The van der Waals surface area contributed by atoms with Crippen LogP contribution in [0.25, 0.3) is 21.9 Å². The Balaban J connectivity index is 1.71. The number of rotatable bonds is 6. The first-order valence-corrected chi connectivity index (χ1v) is 11.0. The summed E-state index contributed by atoms with van der Waals surface area (Å²) >= 11 is 0. The maximum Gasteiger partial charge on any atom is 0.329 e. The highest BCUT2D eigenvalue weighted by molar-refractivity contribution is 5.81. The molecule has 7 nitrogen and oxygen atoms in total. The normalized spacial score (nSPS) is 14.2. The summed E-state index contributed by atoms with van der Waals surface area (Å²) in [6, 6.07) is 8.05. The van der Waals surface area contributed by atoms with Crippen molar-refractivity contribution in [3.8, 4) is 0 Å². The molecule has 0 aliphatic heterocycles. The third-order valence-electron chi connectivity index (χ3n) is 6.20. The van der Waals surface area contributed by atoms with Gasteiger partial charge >= 0.3 is 5.69 Å². The second-order valence-electron chi connectivity index (χ2n) is 8.97. The van der Waals surface area contributed by atoms with Crippen molar-refractivity contribution in [3.05, 3.63) is 68.9 Å². The van der Waals surface area contributed by atoms with Crippen molar-refractivity contribution < 1.29 is 0 Å². The molecule has 160 valence electrons. The molecule has 1 aliphatic rings. The molecule has 1 saturated carbocycles. The van der Waals surface area contributed by atoms with Crippen LogP contribution in [0.4, 0.5) is 0 Å². The Labute approximate surface area is 180 Å². The summed E-state index contributed by atoms with van der Waals surface area (Å²) in [5, 5.41) is 0.657. The molecule has 31 heavy (non-hydrogen) atoms. The number of imidazole rings is 1. The summed E-state index contributed by atoms with van der Waals surface area (Å²) in [6.45, 7) is 7.30. The largest absolute Gasteiger partial charge is 0.329 e. The Kier molecular flexibility index (Phi) is 4.76. The molecule has 0 saturated heterocycles. The van der Waals surface area contributed by atoms with Gasteiger partial charge in [0, 0.05) is 18.8 Å². The molecule has 0 radical (unpaired) electrons. The minimum absolute atomic E-state index is 0.0560. The number of aromatic nitrogens is 5. The third-order valence-corrected chi connectivity index (χ3v) is 6.20. The van der Waals surface area contributed by atoms with Gasteiger partial charge in [0.2, 0.25) is 0 Å². The average Bonchev–Trinajstić information content (AvgIpc) is 3.53. The number of aryl methyl sites for hydroxylation is 2. The van der Waals surface area contributed by atoms with Gasteiger partial charge in [-0.05, 0) is 49.8 Å². The molecule has 3 aromatic heterocycles. The molecular weight excluding hydrogens is 390 g/mol. The van der Waals surface area contributed by atoms with E-state index >= 15 is 0 Å². The summed E-state index contributed by atoms with van der Waals surface area (Å²) in [7, 11) is 0. The van der Waals surface area contributed by atoms with E-state index in [0.29, 0.717) is 17.1 Å². The van der Waals surface area contributed by atoms with Gasteiger partial charge < -0.3 is 4.57 Å². The third kappa shape index (κ3) is 3.38. The van der Waals surface area contributed by atoms with Crippen LogP contribution in [-0.2, 0) is 13.1 Å². The fraction of sp³-hybridized carbons (Fsp3) is 0.417. The maximum absolute atomic E-state index is 13.3. The standard InChI is InChI=1S/C24H27N5O2/c1-15(2)10-12-27-19-6-4-5-16(3)22(19)23(30)26-21(27)14-28-20-13-25-11-9-18(20)29(24(28)31)17-7-8-17/h4-6,9,11,13,15,17H,7-8,10,12,14H2,1-3H3. The Morgan fingerprint density at radius 3 is 2.61 bits per heavy atom. The lowest BCUT2D eigenvalue weighted by Crippen LogP contribution is -2.28. The van der Waals surface area contributed by atoms with Crippen LogP contribution in [0.1, 0.15) is 50.5 Å². The van der Waals surface area contributed by atoms with Crippen molar-refractivity contribution in [1.82, 2.24) is 23.7 Å². The van der Waals surface area contributed by atoms with E-state index < -0.39 is 0 Å². The lowest BCUT2D eigenvalue weighted by atomic mass is 10.1. The van der Waals surface area contributed by atoms with Crippen LogP contribution in [0.2, 0.25) is 0 Å². The van der Waals surface area contributed by atoms with Crippen molar-refractivity contribution in [2.45, 2.75) is 59.2 Å². The molecular formula is C24H27N5O2. The minimum atomic E-state index is -0.235. The highest BCUT2D eigenvalue weighted by atomic mass is 16.2. The maximum atomic E-state index is 13.3. The first-order valence-electron chi connectivity index (χ1n) is 11.0. The molecule has 7 heteroatoms. The molecule has 0 bridgehead atoms. The number of fused-ring (bicyclic) bond motifs is 2. The molecule has 0 N–H and O–H groups in total. The molecule has 3 heterocycles. The summed E-state index contributed by atoms with van der Waals surface area (Å²) in [4.78, 5) is 35.0. The van der Waals surface area contributed by atoms with Crippen LogP contribution in [-0.4, -0.2) is 23.7 Å². The first-order chi connectivity index (χ1) is 15.0. The molecule has 0 spiro atoms. The second kappa shape index (κ2) is 7.48. The second-order valence-corrected chi connectivity index (χ2v) is 8.97. The van der Waals surface area contributed by atoms with Gasteiger partial charge in [0.25, 0.3) is 5.56 Å². The van der Waals surface area contributed by atoms with E-state index in [1.807, 2.05) is 35.8 Å². The average molecular weight is 418 g/mol. The molecule has 1 aromatic carbocycles. The van der Waals surface area contributed by atoms with Crippen LogP contribution < -0.4 is 11.2 Å². The lowest BCUT2D eigenvalue weighted by molar-refractivity contribution is 0.500. The smallest absolute Gasteiger partial charge is 0.327 e. The first kappa shape index (κ1) is 19.7. The summed E-state index contributed by atoms with van der Waals surface area (Å²) < 4.78 is 5.71. The molecule has 1 fully saturated rings. The van der Waals surface area contributed by atoms with Gasteiger partial charge in [0.1, 0.15) is 5.82 Å². The Hall–Kier alpha value is -3.22. The van der Waals surface area contributed by atoms with Crippen LogP contribution in [0.15, 0.2) is 46.2 Å². The monoisotopic (exact) mass is 417 g/mol. The van der Waals surface area contributed by atoms with E-state index in [2.05, 4.69) is 28.4 Å². The molecule has 4 aromatic rings. The van der Waals surface area contributed by atoms with E-state index in [1.165, 1.54) is 0 Å². The quantitative estimate of drug-likeness (QED) is 0.480. The topological polar surface area (TPSA) is 74.7 Å². The van der Waals surface area contributed by atoms with Crippen LogP contribution in [0, 0.1) is 12.8 Å². The van der Waals surface area contributed by atoms with E-state index in [9.17, 15) is 9.59 Å². The zero-order chi connectivity index (χ0) is 21.7. The molecule has 0 amide bonds. The fourth-order valence-electron chi connectivity index (χ4n) is 4.39.